The lowest BCUT2D eigenvalue weighted by atomic mass is 9.78. The van der Waals surface area contributed by atoms with E-state index in [0.29, 0.717) is 63.1 Å². The number of ketones is 1. The molecule has 3 saturated heterocycles. The number of unbranched alkanes of at least 4 members (excludes halogenated alkanes) is 1. The highest BCUT2D eigenvalue weighted by Gasteiger charge is 2.64. The summed E-state index contributed by atoms with van der Waals surface area (Å²) in [6.07, 6.45) is 0.609. The quantitative estimate of drug-likeness (QED) is 0.0804. The number of amides is 1. The third kappa shape index (κ3) is 12.9. The molecule has 3 aliphatic rings. The van der Waals surface area contributed by atoms with Crippen LogP contribution in [0.15, 0.2) is 47.5 Å². The maximum atomic E-state index is 14.9. The van der Waals surface area contributed by atoms with Crippen molar-refractivity contribution >= 4 is 39.2 Å². The molecule has 0 saturated carbocycles. The average molecular weight is 1040 g/mol. The van der Waals surface area contributed by atoms with Crippen molar-refractivity contribution in [2.75, 3.05) is 64.3 Å². The Labute approximate surface area is 428 Å². The molecule has 2 aromatic heterocycles. The van der Waals surface area contributed by atoms with Crippen LogP contribution in [0.3, 0.4) is 0 Å². The standard InChI is InChI=1S/C50H78N10O12S/c1-12-39-50(60-23-19-40(52)53-47(60)64)43(59(48(65)72-50)22-14-13-21-58-29-37(54-55-58)35-17-15-18-36(51)26-35)34(6)57(9)28-30(2)27-49(7,68-10)44(32(4)41(61)33(5)45(63)70-39)71-46-42(62)38(25-31(3)69-46)56(8)20-16-24-73(11,66)67/h15,17-19,23,26,29-34,38-39,42-44,46,62H,12-14,16,20-22,24-25,27-28,51H2,1-11H3,(H2,52,53,64)/t30-,31-,32+,33-,34-,38?,39-,42?,43-,44-,46+,49-,50-/m1/s1. The van der Waals surface area contributed by atoms with Gasteiger partial charge in [0.2, 0.25) is 0 Å². The molecule has 0 spiro atoms. The van der Waals surface area contributed by atoms with Crippen molar-refractivity contribution < 1.29 is 51.6 Å². The normalized spacial score (nSPS) is 32.2. The van der Waals surface area contributed by atoms with Gasteiger partial charge in [-0.25, -0.2) is 18.0 Å². The van der Waals surface area contributed by atoms with Crippen LogP contribution >= 0.6 is 0 Å². The molecular weight excluding hydrogens is 965 g/mol. The van der Waals surface area contributed by atoms with Gasteiger partial charge in [0, 0.05) is 68.4 Å². The number of ether oxygens (including phenoxy) is 5. The number of aliphatic hydroxyl groups is 1. The van der Waals surface area contributed by atoms with Crippen LogP contribution in [0.5, 0.6) is 0 Å². The maximum Gasteiger partial charge on any atom is 0.412 e. The monoisotopic (exact) mass is 1040 g/mol. The van der Waals surface area contributed by atoms with Gasteiger partial charge in [0.15, 0.2) is 18.2 Å². The SMILES string of the molecule is CC[C@H]1OC(=O)[C@H](C)C(=O)[C@H](C)[C@@H](O[C@@H]2O[C@H](C)CC(N(C)CCCS(C)(=O)=O)C2O)[C@](C)(OC)C[C@@H](C)CN(C)[C@H](C)[C@H]2N(CCCCn3cc(-c4cccc(N)c4)nn3)C(=O)O[C@]12n1ccc(N)nc1=O. The van der Waals surface area contributed by atoms with Gasteiger partial charge in [-0.05, 0) is 111 Å². The number of aromatic nitrogens is 5. The zero-order valence-corrected chi connectivity index (χ0v) is 45.1. The smallest absolute Gasteiger partial charge is 0.412 e. The van der Waals surface area contributed by atoms with E-state index in [1.165, 1.54) is 37.1 Å². The predicted molar refractivity (Wildman–Crippen MR) is 272 cm³/mol. The average Bonchev–Trinajstić information content (AvgIpc) is 3.92. The number of likely N-dealkylation sites (N-methyl/N-ethyl adjacent to an activating group) is 2. The molecule has 3 aliphatic heterocycles. The van der Waals surface area contributed by atoms with E-state index in [0.717, 1.165) is 5.56 Å². The number of carbonyl (C=O) groups excluding carboxylic acids is 3. The Morgan fingerprint density at radius 3 is 2.40 bits per heavy atom. The number of Topliss-reactive ketones (excluding diaryl/α,β-unsaturated/α-hetero) is 1. The highest BCUT2D eigenvalue weighted by atomic mass is 32.2. The number of sulfone groups is 1. The minimum Gasteiger partial charge on any atom is -0.455 e. The number of nitrogen functional groups attached to an aromatic ring is 2. The fourth-order valence-corrected chi connectivity index (χ4v) is 11.8. The molecule has 0 radical (unpaired) electrons. The Bertz CT molecular complexity index is 2570. The first-order valence-corrected chi connectivity index (χ1v) is 27.4. The van der Waals surface area contributed by atoms with Crippen molar-refractivity contribution in [3.05, 3.63) is 53.2 Å². The van der Waals surface area contributed by atoms with Crippen molar-refractivity contribution in [1.29, 1.82) is 0 Å². The van der Waals surface area contributed by atoms with Crippen molar-refractivity contribution in [2.45, 2.75) is 154 Å². The molecule has 1 aromatic carbocycles. The summed E-state index contributed by atoms with van der Waals surface area (Å²) < 4.78 is 59.0. The molecule has 0 aliphatic carbocycles. The molecule has 6 rings (SSSR count). The number of benzene rings is 1. The second kappa shape index (κ2) is 23.7. The molecule has 22 nitrogen and oxygen atoms in total. The first kappa shape index (κ1) is 57.2. The zero-order valence-electron chi connectivity index (χ0n) is 44.2. The number of cyclic esters (lactones) is 1. The molecule has 406 valence electrons. The van der Waals surface area contributed by atoms with Crippen LogP contribution in [0.25, 0.3) is 11.3 Å². The number of nitrogens with two attached hydrogens (primary N) is 2. The number of fused-ring (bicyclic) bond motifs is 1. The molecule has 1 amide bonds. The molecule has 5 heterocycles. The maximum absolute atomic E-state index is 14.9. The van der Waals surface area contributed by atoms with Crippen LogP contribution in [0.1, 0.15) is 87.0 Å². The highest BCUT2D eigenvalue weighted by molar-refractivity contribution is 7.90. The highest BCUT2D eigenvalue weighted by Crippen LogP contribution is 2.44. The number of methoxy groups -OCH3 is 1. The van der Waals surface area contributed by atoms with Crippen LogP contribution in [0, 0.1) is 17.8 Å². The van der Waals surface area contributed by atoms with E-state index in [2.05, 4.69) is 20.2 Å². The van der Waals surface area contributed by atoms with E-state index in [-0.39, 0.29) is 30.5 Å². The van der Waals surface area contributed by atoms with Crippen molar-refractivity contribution in [1.82, 2.24) is 39.2 Å². The second-order valence-corrected chi connectivity index (χ2v) is 23.1. The summed E-state index contributed by atoms with van der Waals surface area (Å²) in [6, 6.07) is 6.72. The molecule has 23 heteroatoms. The minimum atomic E-state index is -3.20. The fourth-order valence-electron chi connectivity index (χ4n) is 11.1. The first-order chi connectivity index (χ1) is 34.3. The van der Waals surface area contributed by atoms with Gasteiger partial charge in [0.1, 0.15) is 39.4 Å². The number of hydrogen-bond donors (Lipinski definition) is 3. The number of aryl methyl sites for hydroxylation is 1. The van der Waals surface area contributed by atoms with Crippen LogP contribution in [-0.4, -0.2) is 178 Å². The van der Waals surface area contributed by atoms with E-state index in [9.17, 15) is 32.7 Å². The van der Waals surface area contributed by atoms with Gasteiger partial charge in [0.25, 0.3) is 5.72 Å². The van der Waals surface area contributed by atoms with Gasteiger partial charge in [-0.2, -0.15) is 4.98 Å². The number of esters is 1. The summed E-state index contributed by atoms with van der Waals surface area (Å²) in [5.74, 6) is -4.21. The third-order valence-corrected chi connectivity index (χ3v) is 16.1. The van der Waals surface area contributed by atoms with Gasteiger partial charge < -0.3 is 50.1 Å². The Hall–Kier alpha value is -5.04. The molecule has 13 atom stereocenters. The molecule has 73 heavy (non-hydrogen) atoms. The largest absolute Gasteiger partial charge is 0.455 e. The molecule has 3 aromatic rings. The van der Waals surface area contributed by atoms with Gasteiger partial charge >= 0.3 is 17.8 Å². The molecule has 5 N–H and O–H groups in total. The van der Waals surface area contributed by atoms with E-state index in [4.69, 9.17) is 35.2 Å². The molecular formula is C50H78N10O12S. The Morgan fingerprint density at radius 1 is 1.03 bits per heavy atom. The number of anilines is 2. The van der Waals surface area contributed by atoms with E-state index in [1.54, 1.807) is 29.5 Å². The van der Waals surface area contributed by atoms with Crippen LogP contribution in [-0.2, 0) is 55.4 Å². The number of hydrogen-bond acceptors (Lipinski definition) is 19. The summed E-state index contributed by atoms with van der Waals surface area (Å²) in [4.78, 5) is 67.8. The summed E-state index contributed by atoms with van der Waals surface area (Å²) in [7, 11) is 2.04. The lowest BCUT2D eigenvalue weighted by molar-refractivity contribution is -0.296. The van der Waals surface area contributed by atoms with Gasteiger partial charge in [-0.1, -0.05) is 38.1 Å². The number of nitrogens with zero attached hydrogens (tertiary/aromatic N) is 8. The van der Waals surface area contributed by atoms with Gasteiger partial charge in [-0.15, -0.1) is 5.10 Å². The number of carbonyl (C=O) groups is 3. The van der Waals surface area contributed by atoms with E-state index >= 15 is 0 Å². The summed E-state index contributed by atoms with van der Waals surface area (Å²) in [5.41, 5.74) is 10.0. The third-order valence-electron chi connectivity index (χ3n) is 15.0. The molecule has 3 fully saturated rings. The summed E-state index contributed by atoms with van der Waals surface area (Å²) in [6.45, 7) is 13.9. The topological polar surface area (TPSA) is 279 Å². The van der Waals surface area contributed by atoms with Crippen LogP contribution < -0.4 is 17.2 Å². The number of rotatable bonds is 16. The molecule has 0 bridgehead atoms. The fraction of sp³-hybridized carbons (Fsp3) is 0.700. The van der Waals surface area contributed by atoms with E-state index in [1.807, 2.05) is 71.1 Å². The van der Waals surface area contributed by atoms with Gasteiger partial charge in [0.05, 0.1) is 29.8 Å². The molecule has 2 unspecified atom stereocenters. The lowest BCUT2D eigenvalue weighted by Crippen LogP contribution is -2.65. The summed E-state index contributed by atoms with van der Waals surface area (Å²) in [5, 5.41) is 20.5. The zero-order chi connectivity index (χ0) is 53.7. The van der Waals surface area contributed by atoms with E-state index < -0.39 is 105 Å². The Morgan fingerprint density at radius 2 is 1.74 bits per heavy atom. The van der Waals surface area contributed by atoms with Crippen molar-refractivity contribution in [3.63, 3.8) is 0 Å². The lowest BCUT2D eigenvalue weighted by Gasteiger charge is -2.47. The van der Waals surface area contributed by atoms with Crippen molar-refractivity contribution in [3.8, 4) is 11.3 Å². The van der Waals surface area contributed by atoms with Crippen LogP contribution in [0.4, 0.5) is 16.3 Å². The first-order valence-electron chi connectivity index (χ1n) is 25.3. The van der Waals surface area contributed by atoms with Crippen molar-refractivity contribution in [2.24, 2.45) is 17.8 Å². The Kier molecular flexibility index (Phi) is 18.6. The minimum absolute atomic E-state index is 0.00630. The Balaban J connectivity index is 1.35. The number of aliphatic hydroxyl groups excluding tert-OH is 1. The predicted octanol–water partition coefficient (Wildman–Crippen LogP) is 3.16. The van der Waals surface area contributed by atoms with Crippen LogP contribution in [0.2, 0.25) is 0 Å². The van der Waals surface area contributed by atoms with Gasteiger partial charge in [-0.3, -0.25) is 23.7 Å². The summed E-state index contributed by atoms with van der Waals surface area (Å²) >= 11 is 0. The second-order valence-electron chi connectivity index (χ2n) is 20.8.